The molecule has 0 atom stereocenters. The Morgan fingerprint density at radius 2 is 2.22 bits per heavy atom. The summed E-state index contributed by atoms with van der Waals surface area (Å²) in [4.78, 5) is 6.86. The molecular weight excluding hydrogens is 246 g/mol. The Hall–Kier alpha value is -1.20. The van der Waals surface area contributed by atoms with Crippen LogP contribution in [-0.4, -0.2) is 23.2 Å². The third-order valence-corrected chi connectivity index (χ3v) is 4.35. The number of thiophene rings is 1. The van der Waals surface area contributed by atoms with E-state index in [1.165, 1.54) is 17.7 Å². The van der Waals surface area contributed by atoms with Crippen LogP contribution in [0.1, 0.15) is 23.6 Å². The van der Waals surface area contributed by atoms with E-state index in [4.69, 9.17) is 4.52 Å². The van der Waals surface area contributed by atoms with E-state index < -0.39 is 0 Å². The predicted molar refractivity (Wildman–Crippen MR) is 71.6 cm³/mol. The Morgan fingerprint density at radius 3 is 2.94 bits per heavy atom. The highest BCUT2D eigenvalue weighted by Crippen LogP contribution is 2.26. The highest BCUT2D eigenvalue weighted by Gasteiger charge is 2.18. The molecule has 2 aromatic heterocycles. The highest BCUT2D eigenvalue weighted by molar-refractivity contribution is 7.15. The first-order valence-corrected chi connectivity index (χ1v) is 7.23. The molecule has 0 aliphatic carbocycles. The maximum atomic E-state index is 5.36. The largest absolute Gasteiger partial charge is 0.339 e. The SMILES string of the molecule is Cc1ccc(-c2noc(CC3CCNCC3)n2)s1. The minimum absolute atomic E-state index is 0.685. The lowest BCUT2D eigenvalue weighted by molar-refractivity contribution is 0.313. The molecule has 2 aromatic rings. The van der Waals surface area contributed by atoms with Gasteiger partial charge in [-0.05, 0) is 50.9 Å². The van der Waals surface area contributed by atoms with Crippen molar-refractivity contribution in [2.45, 2.75) is 26.2 Å². The molecule has 0 bridgehead atoms. The molecule has 5 heteroatoms. The van der Waals surface area contributed by atoms with E-state index in [1.807, 2.05) is 0 Å². The lowest BCUT2D eigenvalue weighted by Crippen LogP contribution is -2.28. The van der Waals surface area contributed by atoms with E-state index in [0.717, 1.165) is 36.1 Å². The molecule has 3 heterocycles. The van der Waals surface area contributed by atoms with Gasteiger partial charge in [-0.3, -0.25) is 0 Å². The number of hydrogen-bond acceptors (Lipinski definition) is 5. The molecule has 1 saturated heterocycles. The second-order valence-electron chi connectivity index (χ2n) is 4.82. The van der Waals surface area contributed by atoms with Crippen LogP contribution in [0.3, 0.4) is 0 Å². The summed E-state index contributed by atoms with van der Waals surface area (Å²) in [5.74, 6) is 2.20. The van der Waals surface area contributed by atoms with Crippen LogP contribution in [0.2, 0.25) is 0 Å². The van der Waals surface area contributed by atoms with Crippen molar-refractivity contribution in [3.63, 3.8) is 0 Å². The first-order chi connectivity index (χ1) is 8.81. The van der Waals surface area contributed by atoms with Gasteiger partial charge in [0.1, 0.15) is 0 Å². The molecule has 18 heavy (non-hydrogen) atoms. The fraction of sp³-hybridized carbons (Fsp3) is 0.538. The maximum absolute atomic E-state index is 5.36. The van der Waals surface area contributed by atoms with Crippen molar-refractivity contribution in [3.05, 3.63) is 22.9 Å². The Kier molecular flexibility index (Phi) is 3.43. The van der Waals surface area contributed by atoms with Gasteiger partial charge in [-0.2, -0.15) is 4.98 Å². The topological polar surface area (TPSA) is 51.0 Å². The van der Waals surface area contributed by atoms with Crippen LogP contribution in [-0.2, 0) is 6.42 Å². The Balaban J connectivity index is 1.69. The van der Waals surface area contributed by atoms with Crippen LogP contribution in [0.15, 0.2) is 16.7 Å². The van der Waals surface area contributed by atoms with Crippen molar-refractivity contribution in [1.29, 1.82) is 0 Å². The average Bonchev–Trinajstić information content (AvgIpc) is 2.99. The summed E-state index contributed by atoms with van der Waals surface area (Å²) < 4.78 is 5.36. The minimum Gasteiger partial charge on any atom is -0.339 e. The molecule has 0 unspecified atom stereocenters. The molecule has 1 aliphatic rings. The summed E-state index contributed by atoms with van der Waals surface area (Å²) in [5, 5.41) is 7.44. The molecule has 1 N–H and O–H groups in total. The number of piperidine rings is 1. The van der Waals surface area contributed by atoms with Crippen molar-refractivity contribution in [2.75, 3.05) is 13.1 Å². The van der Waals surface area contributed by atoms with E-state index in [9.17, 15) is 0 Å². The average molecular weight is 263 g/mol. The first kappa shape index (κ1) is 11.9. The van der Waals surface area contributed by atoms with Crippen molar-refractivity contribution in [3.8, 4) is 10.7 Å². The summed E-state index contributed by atoms with van der Waals surface area (Å²) >= 11 is 1.71. The summed E-state index contributed by atoms with van der Waals surface area (Å²) in [5.41, 5.74) is 0. The van der Waals surface area contributed by atoms with Crippen molar-refractivity contribution in [1.82, 2.24) is 15.5 Å². The molecule has 1 fully saturated rings. The van der Waals surface area contributed by atoms with Crippen molar-refractivity contribution in [2.24, 2.45) is 5.92 Å². The molecule has 96 valence electrons. The van der Waals surface area contributed by atoms with Gasteiger partial charge in [0.25, 0.3) is 0 Å². The quantitative estimate of drug-likeness (QED) is 0.925. The van der Waals surface area contributed by atoms with Crippen LogP contribution in [0.25, 0.3) is 10.7 Å². The Labute approximate surface area is 110 Å². The monoisotopic (exact) mass is 263 g/mol. The highest BCUT2D eigenvalue weighted by atomic mass is 32.1. The summed E-state index contributed by atoms with van der Waals surface area (Å²) in [6.45, 7) is 4.30. The van der Waals surface area contributed by atoms with Gasteiger partial charge < -0.3 is 9.84 Å². The van der Waals surface area contributed by atoms with E-state index >= 15 is 0 Å². The molecule has 0 amide bonds. The van der Waals surface area contributed by atoms with Crippen LogP contribution >= 0.6 is 11.3 Å². The lowest BCUT2D eigenvalue weighted by Gasteiger charge is -2.20. The fourth-order valence-electron chi connectivity index (χ4n) is 2.33. The number of nitrogens with zero attached hydrogens (tertiary/aromatic N) is 2. The Morgan fingerprint density at radius 1 is 1.39 bits per heavy atom. The van der Waals surface area contributed by atoms with Crippen LogP contribution in [0, 0.1) is 12.8 Å². The van der Waals surface area contributed by atoms with Gasteiger partial charge in [0, 0.05) is 11.3 Å². The first-order valence-electron chi connectivity index (χ1n) is 6.41. The van der Waals surface area contributed by atoms with Crippen LogP contribution in [0.4, 0.5) is 0 Å². The zero-order chi connectivity index (χ0) is 12.4. The van der Waals surface area contributed by atoms with E-state index in [0.29, 0.717) is 5.92 Å². The van der Waals surface area contributed by atoms with Gasteiger partial charge in [-0.1, -0.05) is 5.16 Å². The fourth-order valence-corrected chi connectivity index (χ4v) is 3.12. The smallest absolute Gasteiger partial charge is 0.227 e. The summed E-state index contributed by atoms with van der Waals surface area (Å²) in [6.07, 6.45) is 3.32. The van der Waals surface area contributed by atoms with Gasteiger partial charge >= 0.3 is 0 Å². The Bertz CT molecular complexity index is 514. The van der Waals surface area contributed by atoms with Gasteiger partial charge in [0.2, 0.25) is 11.7 Å². The maximum Gasteiger partial charge on any atom is 0.227 e. The molecule has 0 spiro atoms. The molecule has 0 saturated carbocycles. The minimum atomic E-state index is 0.685. The molecule has 1 aliphatic heterocycles. The van der Waals surface area contributed by atoms with Gasteiger partial charge in [0.15, 0.2) is 0 Å². The summed E-state index contributed by atoms with van der Waals surface area (Å²) in [6, 6.07) is 4.14. The zero-order valence-corrected chi connectivity index (χ0v) is 11.3. The van der Waals surface area contributed by atoms with E-state index in [1.54, 1.807) is 11.3 Å². The number of rotatable bonds is 3. The second kappa shape index (κ2) is 5.20. The normalized spacial score (nSPS) is 17.2. The third kappa shape index (κ3) is 2.62. The molecule has 4 nitrogen and oxygen atoms in total. The van der Waals surface area contributed by atoms with Gasteiger partial charge in [-0.25, -0.2) is 0 Å². The molecular formula is C13H17N3OS. The lowest BCUT2D eigenvalue weighted by atomic mass is 9.95. The van der Waals surface area contributed by atoms with Gasteiger partial charge in [0.05, 0.1) is 4.88 Å². The number of hydrogen-bond donors (Lipinski definition) is 1. The predicted octanol–water partition coefficient (Wildman–Crippen LogP) is 2.65. The third-order valence-electron chi connectivity index (χ3n) is 3.35. The standard InChI is InChI=1S/C13H17N3OS/c1-9-2-3-11(18-9)13-15-12(17-16-13)8-10-4-6-14-7-5-10/h2-3,10,14H,4-8H2,1H3. The van der Waals surface area contributed by atoms with Crippen molar-refractivity contribution < 1.29 is 4.52 Å². The van der Waals surface area contributed by atoms with E-state index in [2.05, 4.69) is 34.5 Å². The molecule has 3 rings (SSSR count). The molecule has 0 radical (unpaired) electrons. The van der Waals surface area contributed by atoms with E-state index in [-0.39, 0.29) is 0 Å². The van der Waals surface area contributed by atoms with Crippen LogP contribution in [0.5, 0.6) is 0 Å². The molecule has 0 aromatic carbocycles. The number of aromatic nitrogens is 2. The van der Waals surface area contributed by atoms with Crippen LogP contribution < -0.4 is 5.32 Å². The van der Waals surface area contributed by atoms with Crippen molar-refractivity contribution >= 4 is 11.3 Å². The number of aryl methyl sites for hydroxylation is 1. The summed E-state index contributed by atoms with van der Waals surface area (Å²) in [7, 11) is 0. The zero-order valence-electron chi connectivity index (χ0n) is 10.5. The number of nitrogens with one attached hydrogen (secondary N) is 1. The second-order valence-corrected chi connectivity index (χ2v) is 6.11. The van der Waals surface area contributed by atoms with Gasteiger partial charge in [-0.15, -0.1) is 11.3 Å².